The van der Waals surface area contributed by atoms with Crippen LogP contribution in [0.4, 0.5) is 0 Å². The lowest BCUT2D eigenvalue weighted by Crippen LogP contribution is -2.46. The van der Waals surface area contributed by atoms with E-state index in [4.69, 9.17) is 27.8 Å². The van der Waals surface area contributed by atoms with E-state index in [2.05, 4.69) is 64.0 Å². The van der Waals surface area contributed by atoms with Gasteiger partial charge in [-0.25, -0.2) is 0 Å². The van der Waals surface area contributed by atoms with Gasteiger partial charge in [-0.2, -0.15) is 0 Å². The normalized spacial score (nSPS) is 26.1. The van der Waals surface area contributed by atoms with Gasteiger partial charge in [0.05, 0.1) is 22.3 Å². The van der Waals surface area contributed by atoms with Gasteiger partial charge in [-0.05, 0) is 194 Å². The van der Waals surface area contributed by atoms with Gasteiger partial charge in [0, 0.05) is 99.1 Å². The number of carbonyl (C=O) groups is 4. The van der Waals surface area contributed by atoms with E-state index in [1.807, 2.05) is 89.5 Å². The van der Waals surface area contributed by atoms with Gasteiger partial charge in [0.1, 0.15) is 23.0 Å². The van der Waals surface area contributed by atoms with Crippen molar-refractivity contribution in [2.75, 3.05) is 54.4 Å². The summed E-state index contributed by atoms with van der Waals surface area (Å²) in [5, 5.41) is 0. The van der Waals surface area contributed by atoms with Crippen LogP contribution in [0.5, 0.6) is 23.0 Å². The van der Waals surface area contributed by atoms with E-state index in [0.717, 1.165) is 130 Å². The van der Waals surface area contributed by atoms with Crippen molar-refractivity contribution in [3.8, 4) is 45.6 Å². The second kappa shape index (κ2) is 21.8. The molecule has 4 aliphatic heterocycles. The first-order valence-corrected chi connectivity index (χ1v) is 29.9. The number of allylic oxidation sites excluding steroid dienone is 6. The Labute approximate surface area is 484 Å². The van der Waals surface area contributed by atoms with Crippen molar-refractivity contribution in [2.24, 2.45) is 11.8 Å². The molecule has 2 aromatic carbocycles. The maximum Gasteiger partial charge on any atom is 0.254 e. The molecule has 436 valence electrons. The second-order valence-electron chi connectivity index (χ2n) is 25.7. The maximum atomic E-state index is 14.2. The van der Waals surface area contributed by atoms with Crippen LogP contribution in [-0.4, -0.2) is 121 Å². The highest BCUT2D eigenvalue weighted by molar-refractivity contribution is 6.06. The van der Waals surface area contributed by atoms with E-state index in [9.17, 15) is 19.2 Å². The van der Waals surface area contributed by atoms with Crippen molar-refractivity contribution >= 4 is 23.4 Å². The number of ketones is 2. The standard InChI is InChI=1S/2C34H42N2O5/c2*1-19-16-20(2)26(27(37)17-19)18-36-15-14-25-29(33(36)38)22(4)31-32(30(25)28-13-8-21(3)39-28)41-34(5,40-31)23-9-11-24(12-10-23)35(6)7/h2*8,13,16,23-24H,9-12,14-15,17-18H2,1-7H3/t2*23?,24?,34-/m10/s1. The Hall–Kier alpha value is -6.64. The lowest BCUT2D eigenvalue weighted by atomic mass is 9.81. The summed E-state index contributed by atoms with van der Waals surface area (Å²) in [6.07, 6.45) is 14.7. The highest BCUT2D eigenvalue weighted by Gasteiger charge is 2.51. The molecule has 0 N–H and O–H groups in total. The van der Waals surface area contributed by atoms with E-state index in [0.29, 0.717) is 110 Å². The molecule has 2 amide bonds. The number of amides is 2. The zero-order valence-electron chi connectivity index (χ0n) is 51.0. The lowest BCUT2D eigenvalue weighted by Gasteiger charge is -2.39. The fourth-order valence-corrected chi connectivity index (χ4v) is 14.7. The van der Waals surface area contributed by atoms with Gasteiger partial charge in [0.25, 0.3) is 23.4 Å². The average molecular weight is 1120 g/mol. The SMILES string of the molecule is CC1=CC(C)=C(CN2CCc3c(c(C)c4c(c3-c3ccc(C)o3)O[C@@](C)(C3CCC(N(C)C)CC3)O4)C2=O)C(=O)C1.CC1=CC(C)=C(CN2CCc3c(c(C)c4c(c3-c3ccc(C)o3)O[C@](C)(C3CCC(N(C)C)CC3)O4)C2=O)C(=O)C1. The Kier molecular flexibility index (Phi) is 15.2. The van der Waals surface area contributed by atoms with Gasteiger partial charge < -0.3 is 47.4 Å². The first kappa shape index (κ1) is 57.2. The topological polar surface area (TPSA) is 144 Å². The molecule has 14 nitrogen and oxygen atoms in total. The largest absolute Gasteiger partial charge is 0.461 e. The van der Waals surface area contributed by atoms with Gasteiger partial charge in [-0.15, -0.1) is 0 Å². The molecule has 14 heteroatoms. The molecular formula is C68H84N4O10. The number of benzene rings is 2. The summed E-state index contributed by atoms with van der Waals surface area (Å²) in [4.78, 5) is 62.4. The number of hydrogen-bond donors (Lipinski definition) is 0. The number of nitrogens with zero attached hydrogens (tertiary/aromatic N) is 4. The van der Waals surface area contributed by atoms with Crippen LogP contribution in [0.2, 0.25) is 0 Å². The summed E-state index contributed by atoms with van der Waals surface area (Å²) in [5.41, 5.74) is 11.9. The molecule has 0 radical (unpaired) electrons. The summed E-state index contributed by atoms with van der Waals surface area (Å²) in [6, 6.07) is 8.97. The number of aryl methyl sites for hydroxylation is 2. The van der Waals surface area contributed by atoms with Crippen molar-refractivity contribution in [1.29, 1.82) is 0 Å². The highest BCUT2D eigenvalue weighted by Crippen LogP contribution is 2.57. The quantitative estimate of drug-likeness (QED) is 0.149. The minimum atomic E-state index is -0.811. The molecule has 0 unspecified atom stereocenters. The molecule has 82 heavy (non-hydrogen) atoms. The summed E-state index contributed by atoms with van der Waals surface area (Å²) in [6.45, 7) is 21.5. The number of Topliss-reactive ketones (excluding diaryl/α,β-unsaturated/α-hetero) is 2. The fourth-order valence-electron chi connectivity index (χ4n) is 14.7. The Morgan fingerprint density at radius 3 is 1.16 bits per heavy atom. The lowest BCUT2D eigenvalue weighted by molar-refractivity contribution is -0.123. The average Bonchev–Trinajstić information content (AvgIpc) is 3.50. The van der Waals surface area contributed by atoms with E-state index in [1.165, 1.54) is 0 Å². The van der Waals surface area contributed by atoms with Gasteiger partial charge in [-0.1, -0.05) is 23.3 Å². The second-order valence-corrected chi connectivity index (χ2v) is 25.7. The fraction of sp³-hybridized carbons (Fsp3) is 0.529. The van der Waals surface area contributed by atoms with Gasteiger partial charge in [-0.3, -0.25) is 19.2 Å². The summed E-state index contributed by atoms with van der Waals surface area (Å²) < 4.78 is 39.4. The third-order valence-electron chi connectivity index (χ3n) is 19.4. The smallest absolute Gasteiger partial charge is 0.254 e. The highest BCUT2D eigenvalue weighted by atomic mass is 16.7. The summed E-state index contributed by atoms with van der Waals surface area (Å²) >= 11 is 0. The number of furan rings is 2. The molecule has 0 bridgehead atoms. The molecule has 8 aliphatic rings. The first-order valence-electron chi connectivity index (χ1n) is 29.9. The Balaban J connectivity index is 0.000000172. The zero-order valence-corrected chi connectivity index (χ0v) is 51.0. The van der Waals surface area contributed by atoms with Crippen molar-refractivity contribution in [2.45, 2.75) is 170 Å². The van der Waals surface area contributed by atoms with E-state index < -0.39 is 11.6 Å². The van der Waals surface area contributed by atoms with Crippen LogP contribution in [0.25, 0.3) is 22.6 Å². The number of carbonyl (C=O) groups excluding carboxylic acids is 4. The molecular weight excluding hydrogens is 1030 g/mol. The Morgan fingerprint density at radius 2 is 0.841 bits per heavy atom. The molecule has 6 heterocycles. The number of fused-ring (bicyclic) bond motifs is 4. The predicted molar refractivity (Wildman–Crippen MR) is 317 cm³/mol. The zero-order chi connectivity index (χ0) is 58.4. The Morgan fingerprint density at radius 1 is 0.488 bits per heavy atom. The first-order chi connectivity index (χ1) is 38.9. The summed E-state index contributed by atoms with van der Waals surface area (Å²) in [7, 11) is 8.60. The van der Waals surface area contributed by atoms with Crippen LogP contribution in [0.1, 0.15) is 160 Å². The van der Waals surface area contributed by atoms with Crippen molar-refractivity contribution in [3.63, 3.8) is 0 Å². The minimum Gasteiger partial charge on any atom is -0.461 e. The third-order valence-corrected chi connectivity index (χ3v) is 19.4. The molecule has 0 saturated heterocycles. The van der Waals surface area contributed by atoms with Gasteiger partial charge in [0.2, 0.25) is 0 Å². The van der Waals surface area contributed by atoms with Crippen molar-refractivity contribution < 1.29 is 47.0 Å². The van der Waals surface area contributed by atoms with Crippen LogP contribution in [0.3, 0.4) is 0 Å². The Bertz CT molecular complexity index is 3200. The molecule has 4 aromatic rings. The summed E-state index contributed by atoms with van der Waals surface area (Å²) in [5.74, 6) is 4.59. The van der Waals surface area contributed by atoms with Gasteiger partial charge in [0.15, 0.2) is 34.6 Å². The van der Waals surface area contributed by atoms with Crippen molar-refractivity contribution in [1.82, 2.24) is 19.6 Å². The van der Waals surface area contributed by atoms with E-state index >= 15 is 0 Å². The van der Waals surface area contributed by atoms with Crippen molar-refractivity contribution in [3.05, 3.63) is 115 Å². The monoisotopic (exact) mass is 1120 g/mol. The minimum absolute atomic E-state index is 0.0702. The van der Waals surface area contributed by atoms with E-state index in [-0.39, 0.29) is 35.2 Å². The molecule has 2 atom stereocenters. The maximum absolute atomic E-state index is 14.2. The molecule has 2 aromatic heterocycles. The van der Waals surface area contributed by atoms with Crippen LogP contribution in [-0.2, 0) is 22.4 Å². The van der Waals surface area contributed by atoms with Crippen LogP contribution in [0.15, 0.2) is 78.7 Å². The molecule has 2 saturated carbocycles. The number of ether oxygens (including phenoxy) is 4. The molecule has 2 fully saturated rings. The van der Waals surface area contributed by atoms with E-state index in [1.54, 1.807) is 0 Å². The van der Waals surface area contributed by atoms with Crippen LogP contribution < -0.4 is 18.9 Å². The van der Waals surface area contributed by atoms with Crippen LogP contribution >= 0.6 is 0 Å². The molecule has 12 rings (SSSR count). The number of hydrogen-bond acceptors (Lipinski definition) is 12. The molecule has 4 aliphatic carbocycles. The molecule has 0 spiro atoms. The van der Waals surface area contributed by atoms with Gasteiger partial charge >= 0.3 is 0 Å². The number of rotatable bonds is 10. The predicted octanol–water partition coefficient (Wildman–Crippen LogP) is 12.8. The van der Waals surface area contributed by atoms with Crippen LogP contribution in [0, 0.1) is 39.5 Å². The third kappa shape index (κ3) is 10.3.